The molecule has 262 valence electrons. The molecule has 0 N–H and O–H groups in total. The third kappa shape index (κ3) is 5.42. The number of anilines is 3. The molecular weight excluding hydrogens is 679 g/mol. The second-order valence-electron chi connectivity index (χ2n) is 14.5. The van der Waals surface area contributed by atoms with Gasteiger partial charge in [-0.3, -0.25) is 0 Å². The molecule has 1 aromatic heterocycles. The van der Waals surface area contributed by atoms with Crippen molar-refractivity contribution < 1.29 is 4.42 Å². The lowest BCUT2D eigenvalue weighted by molar-refractivity contribution is 0.669. The summed E-state index contributed by atoms with van der Waals surface area (Å²) in [5.74, 6) is 0. The fourth-order valence-electron chi connectivity index (χ4n) is 8.52. The number of hydrogen-bond acceptors (Lipinski definition) is 2. The van der Waals surface area contributed by atoms with Crippen LogP contribution in [0.3, 0.4) is 0 Å². The molecule has 2 heteroatoms. The van der Waals surface area contributed by atoms with E-state index >= 15 is 0 Å². The van der Waals surface area contributed by atoms with Crippen molar-refractivity contribution in [1.82, 2.24) is 0 Å². The predicted molar refractivity (Wildman–Crippen MR) is 237 cm³/mol. The zero-order chi connectivity index (χ0) is 37.0. The summed E-state index contributed by atoms with van der Waals surface area (Å²) < 4.78 is 6.56. The Balaban J connectivity index is 1.01. The Morgan fingerprint density at radius 3 is 1.57 bits per heavy atom. The van der Waals surface area contributed by atoms with Crippen LogP contribution >= 0.6 is 0 Å². The molecule has 0 amide bonds. The lowest BCUT2D eigenvalue weighted by Crippen LogP contribution is -2.09. The fourth-order valence-corrected chi connectivity index (χ4v) is 8.52. The van der Waals surface area contributed by atoms with Gasteiger partial charge < -0.3 is 9.32 Å². The van der Waals surface area contributed by atoms with Gasteiger partial charge in [-0.1, -0.05) is 158 Å². The third-order valence-electron chi connectivity index (χ3n) is 11.3. The predicted octanol–water partition coefficient (Wildman–Crippen LogP) is 15.5. The number of nitrogens with zero attached hydrogens (tertiary/aromatic N) is 1. The van der Waals surface area contributed by atoms with Crippen LogP contribution in [0.5, 0.6) is 0 Å². The Bertz CT molecular complexity index is 3230. The van der Waals surface area contributed by atoms with Gasteiger partial charge in [0.25, 0.3) is 0 Å². The highest BCUT2D eigenvalue weighted by molar-refractivity contribution is 6.19. The van der Waals surface area contributed by atoms with Crippen molar-refractivity contribution in [2.45, 2.75) is 0 Å². The second kappa shape index (κ2) is 13.2. The lowest BCUT2D eigenvalue weighted by atomic mass is 9.95. The fraction of sp³-hybridized carbons (Fsp3) is 0. The van der Waals surface area contributed by atoms with Gasteiger partial charge in [-0.25, -0.2) is 0 Å². The SMILES string of the molecule is c1ccc(-c2cccc3cc(-c4ccc(N(c5ccc(-c6cccc7ccccc67)cc5)c5ccc6c(c5)oc5ccc7ccccc7c56)cc4)ccc23)cc1. The molecule has 2 nitrogen and oxygen atoms in total. The zero-order valence-electron chi connectivity index (χ0n) is 30.6. The largest absolute Gasteiger partial charge is 0.456 e. The van der Waals surface area contributed by atoms with Gasteiger partial charge in [-0.15, -0.1) is 0 Å². The number of hydrogen-bond donors (Lipinski definition) is 0. The topological polar surface area (TPSA) is 16.4 Å². The number of fused-ring (bicyclic) bond motifs is 7. The number of benzene rings is 10. The summed E-state index contributed by atoms with van der Waals surface area (Å²) in [4.78, 5) is 2.33. The molecule has 0 aliphatic carbocycles. The van der Waals surface area contributed by atoms with E-state index in [-0.39, 0.29) is 0 Å². The van der Waals surface area contributed by atoms with E-state index in [4.69, 9.17) is 4.42 Å². The van der Waals surface area contributed by atoms with Crippen molar-refractivity contribution >= 4 is 71.3 Å². The Kier molecular flexibility index (Phi) is 7.53. The summed E-state index contributed by atoms with van der Waals surface area (Å²) in [6.45, 7) is 0. The van der Waals surface area contributed by atoms with Crippen LogP contribution in [-0.4, -0.2) is 0 Å². The zero-order valence-corrected chi connectivity index (χ0v) is 30.6. The molecule has 0 saturated carbocycles. The molecule has 0 radical (unpaired) electrons. The minimum atomic E-state index is 0.869. The van der Waals surface area contributed by atoms with Crippen molar-refractivity contribution in [1.29, 1.82) is 0 Å². The third-order valence-corrected chi connectivity index (χ3v) is 11.3. The number of rotatable bonds is 6. The molecular formula is C54H35NO. The van der Waals surface area contributed by atoms with E-state index in [9.17, 15) is 0 Å². The first-order valence-corrected chi connectivity index (χ1v) is 19.2. The lowest BCUT2D eigenvalue weighted by Gasteiger charge is -2.26. The maximum absolute atomic E-state index is 6.56. The summed E-state index contributed by atoms with van der Waals surface area (Å²) >= 11 is 0. The minimum Gasteiger partial charge on any atom is -0.456 e. The van der Waals surface area contributed by atoms with Gasteiger partial charge >= 0.3 is 0 Å². The van der Waals surface area contributed by atoms with Crippen LogP contribution in [0.2, 0.25) is 0 Å². The Morgan fingerprint density at radius 1 is 0.286 bits per heavy atom. The highest BCUT2D eigenvalue weighted by Gasteiger charge is 2.18. The maximum Gasteiger partial charge on any atom is 0.137 e. The normalized spacial score (nSPS) is 11.6. The van der Waals surface area contributed by atoms with Gasteiger partial charge in [0, 0.05) is 33.9 Å². The molecule has 11 aromatic rings. The monoisotopic (exact) mass is 713 g/mol. The van der Waals surface area contributed by atoms with E-state index in [1.807, 2.05) is 0 Å². The summed E-state index contributed by atoms with van der Waals surface area (Å²) in [6, 6.07) is 76.4. The van der Waals surface area contributed by atoms with Gasteiger partial charge in [-0.2, -0.15) is 0 Å². The smallest absolute Gasteiger partial charge is 0.137 e. The van der Waals surface area contributed by atoms with Crippen molar-refractivity contribution in [2.24, 2.45) is 0 Å². The molecule has 0 aliphatic rings. The average molecular weight is 714 g/mol. The summed E-state index contributed by atoms with van der Waals surface area (Å²) in [7, 11) is 0. The van der Waals surface area contributed by atoms with Crippen LogP contribution in [0.4, 0.5) is 17.1 Å². The van der Waals surface area contributed by atoms with E-state index in [1.54, 1.807) is 0 Å². The van der Waals surface area contributed by atoms with Crippen LogP contribution in [0.1, 0.15) is 0 Å². The second-order valence-corrected chi connectivity index (χ2v) is 14.5. The Morgan fingerprint density at radius 2 is 0.821 bits per heavy atom. The van der Waals surface area contributed by atoms with E-state index < -0.39 is 0 Å². The molecule has 0 bridgehead atoms. The van der Waals surface area contributed by atoms with Crippen molar-refractivity contribution in [2.75, 3.05) is 4.90 Å². The van der Waals surface area contributed by atoms with Crippen LogP contribution < -0.4 is 4.90 Å². The van der Waals surface area contributed by atoms with Gasteiger partial charge in [0.15, 0.2) is 0 Å². The van der Waals surface area contributed by atoms with E-state index in [0.29, 0.717) is 0 Å². The standard InChI is InChI=1S/C54H35NO/c1-2-10-37(11-3-1)47-19-9-15-42-34-41(24-31-49(42)47)36-20-26-43(27-21-36)55(44-28-22-40(23-29-44)48-18-8-14-38-12-4-6-16-46(38)48)45-30-32-51-53(35-45)56-52-33-25-39-13-5-7-17-50(39)54(51)52/h1-35H. The molecule has 56 heavy (non-hydrogen) atoms. The summed E-state index contributed by atoms with van der Waals surface area (Å²) in [5, 5.41) is 9.67. The van der Waals surface area contributed by atoms with Crippen LogP contribution in [0.25, 0.3) is 87.6 Å². The molecule has 0 saturated heterocycles. The highest BCUT2D eigenvalue weighted by Crippen LogP contribution is 2.42. The van der Waals surface area contributed by atoms with Gasteiger partial charge in [0.1, 0.15) is 11.2 Å². The van der Waals surface area contributed by atoms with Gasteiger partial charge in [-0.05, 0) is 114 Å². The molecule has 0 spiro atoms. The highest BCUT2D eigenvalue weighted by atomic mass is 16.3. The quantitative estimate of drug-likeness (QED) is 0.171. The Hall–Kier alpha value is -7.42. The minimum absolute atomic E-state index is 0.869. The van der Waals surface area contributed by atoms with Gasteiger partial charge in [0.05, 0.1) is 0 Å². The molecule has 0 atom stereocenters. The van der Waals surface area contributed by atoms with Gasteiger partial charge in [0.2, 0.25) is 0 Å². The Labute approximate surface area is 325 Å². The van der Waals surface area contributed by atoms with Crippen LogP contribution in [-0.2, 0) is 0 Å². The average Bonchev–Trinajstić information content (AvgIpc) is 3.65. The van der Waals surface area contributed by atoms with E-state index in [2.05, 4.69) is 217 Å². The van der Waals surface area contributed by atoms with Crippen molar-refractivity contribution in [3.63, 3.8) is 0 Å². The number of furan rings is 1. The molecule has 1 heterocycles. The first-order chi connectivity index (χ1) is 27.7. The van der Waals surface area contributed by atoms with E-state index in [1.165, 1.54) is 65.7 Å². The van der Waals surface area contributed by atoms with Crippen molar-refractivity contribution in [3.8, 4) is 33.4 Å². The molecule has 11 rings (SSSR count). The molecule has 0 fully saturated rings. The summed E-state index contributed by atoms with van der Waals surface area (Å²) in [6.07, 6.45) is 0. The maximum atomic E-state index is 6.56. The van der Waals surface area contributed by atoms with Crippen LogP contribution in [0, 0.1) is 0 Å². The first kappa shape index (κ1) is 32.0. The summed E-state index contributed by atoms with van der Waals surface area (Å²) in [5.41, 5.74) is 12.2. The molecule has 10 aromatic carbocycles. The van der Waals surface area contributed by atoms with Crippen LogP contribution in [0.15, 0.2) is 217 Å². The molecule has 0 aliphatic heterocycles. The van der Waals surface area contributed by atoms with E-state index in [0.717, 1.165) is 39.0 Å². The molecule has 0 unspecified atom stereocenters. The first-order valence-electron chi connectivity index (χ1n) is 19.2. The van der Waals surface area contributed by atoms with Crippen molar-refractivity contribution in [3.05, 3.63) is 212 Å².